The van der Waals surface area contributed by atoms with Crippen molar-refractivity contribution >= 4 is 139 Å². The van der Waals surface area contributed by atoms with Gasteiger partial charge in [0.15, 0.2) is 44.1 Å². The van der Waals surface area contributed by atoms with Gasteiger partial charge >= 0.3 is 41.6 Å². The minimum atomic E-state index is -3.58. The number of aliphatic hydroxyl groups excluding tert-OH is 3. The van der Waals surface area contributed by atoms with E-state index in [9.17, 15) is 45.5 Å². The fourth-order valence-electron chi connectivity index (χ4n) is 12.9. The quantitative estimate of drug-likeness (QED) is 0.00703. The molecule has 34 heteroatoms. The fraction of sp³-hybridized carbons (Fsp3) is 0.402. The van der Waals surface area contributed by atoms with Crippen molar-refractivity contribution < 1.29 is 70.7 Å². The van der Waals surface area contributed by atoms with Crippen molar-refractivity contribution in [1.29, 1.82) is 0 Å². The molecule has 9 aromatic carbocycles. The number of hydrogen-bond donors (Lipinski definition) is 5. The molecule has 0 amide bonds. The van der Waals surface area contributed by atoms with Crippen molar-refractivity contribution in [3.05, 3.63) is 329 Å². The Labute approximate surface area is 914 Å². The number of carbonyl (C=O) groups is 4. The standard InChI is InChI=1S/3C18H15S.C12H25NOS.C8H17ClO.C8H13F2NO2S.C7H6N4O.C6H6F2N2O.C5H11NOS.C4H9NS.C3H4F2O2.5CH4.HI/c3*1-4-10-16(11-5-1)19(17-12-6-2-7-13-17)18-14-8-3-9-15-18;14-10-6-4-2-1-3-5-7-13-8-11-15-12-9-13;9-7-5-3-1-2-4-6-8-10;1-8(9,10)7(12)13-6-11-2-4-14-5-3-11;12-7(10-3-1-8-5-10)11-4-2-9-6-11;1-6(7,8)5(11)10-3-2-9-4-10;7-5-6-1-3-8-4-2-6;1-3-6-4-2-5-1;1-3(4,5)2(6)7;;;;;;/h3*1-15H;14H,1-12H2;10H,1-8H2;2-6H2,1H3;1-6H;2-4H,1H3;7H,1-5H2;5H,1-4H2;1H3,(H,6,7);5*1H4;1H/q3*+1;;;;;;;;;;;;;;. The van der Waals surface area contributed by atoms with Crippen LogP contribution in [0.3, 0.4) is 0 Å². The van der Waals surface area contributed by atoms with Crippen molar-refractivity contribution in [2.24, 2.45) is 0 Å². The minimum Gasteiger partial charge on any atom is -0.477 e. The third kappa shape index (κ3) is 59.3. The predicted molar refractivity (Wildman–Crippen MR) is 617 cm³/mol. The number of carboxylic acid groups (broad SMARTS) is 1. The molecule has 146 heavy (non-hydrogen) atoms. The van der Waals surface area contributed by atoms with Gasteiger partial charge in [0.25, 0.3) is 0 Å². The summed E-state index contributed by atoms with van der Waals surface area (Å²) in [5, 5.41) is 36.4. The van der Waals surface area contributed by atoms with E-state index in [1.54, 1.807) is 24.8 Å². The number of nitrogens with zero attached hydrogens (tertiary/aromatic N) is 9. The van der Waals surface area contributed by atoms with Crippen molar-refractivity contribution in [2.45, 2.75) is 197 Å². The lowest BCUT2D eigenvalue weighted by Crippen LogP contribution is -2.38. The Bertz CT molecular complexity index is 4440. The largest absolute Gasteiger partial charge is 0.477 e. The van der Waals surface area contributed by atoms with Crippen molar-refractivity contribution in [1.82, 2.24) is 48.7 Å². The number of unbranched alkanes of at least 4 members (excludes halogenated alkanes) is 10. The highest BCUT2D eigenvalue weighted by Crippen LogP contribution is 2.34. The van der Waals surface area contributed by atoms with Crippen LogP contribution in [0.25, 0.3) is 0 Å². The SMILES string of the molecule is C.C.C.C.C.C1CSCCN1.CC(F)(F)C(=O)O.CC(F)(F)C(=O)OCN1CCSCC1.CC(F)(F)C(=O)n1ccnc1.I.O=C(n1ccnc1)n1ccnc1.OCCCCCCCCCl.OCCCCCCCCN1CCSCC1.OCN1CCSCC1.c1ccc([S+](c2ccccc2)c2ccccc2)cc1.c1ccc([S+](c2ccccc2)c2ccccc2)cc1.c1ccc([S+](c2ccccc2)c2ccccc2)cc1. The number of carboxylic acids is 1. The first-order chi connectivity index (χ1) is 68.0. The van der Waals surface area contributed by atoms with E-state index >= 15 is 0 Å². The van der Waals surface area contributed by atoms with Crippen LogP contribution in [0.5, 0.6) is 0 Å². The number of rotatable bonds is 30. The van der Waals surface area contributed by atoms with Crippen molar-refractivity contribution in [3.8, 4) is 0 Å². The normalized spacial score (nSPS) is 13.1. The van der Waals surface area contributed by atoms with Gasteiger partial charge in [0.2, 0.25) is 0 Å². The molecule has 4 saturated heterocycles. The van der Waals surface area contributed by atoms with Gasteiger partial charge in [-0.1, -0.05) is 252 Å². The number of halogens is 8. The number of alkyl halides is 7. The summed E-state index contributed by atoms with van der Waals surface area (Å²) in [6.07, 6.45) is 27.3. The molecule has 4 aliphatic rings. The summed E-state index contributed by atoms with van der Waals surface area (Å²) in [6.45, 7) is 12.4. The zero-order chi connectivity index (χ0) is 101. The molecule has 19 nitrogen and oxygen atoms in total. The molecule has 0 atom stereocenters. The molecular weight excluding hydrogens is 2130 g/mol. The van der Waals surface area contributed by atoms with Crippen LogP contribution in [0, 0.1) is 0 Å². The molecule has 16 rings (SSSR count). The van der Waals surface area contributed by atoms with Gasteiger partial charge < -0.3 is 35.4 Å². The third-order valence-corrected chi connectivity index (χ3v) is 31.0. The Morgan fingerprint density at radius 2 is 0.603 bits per heavy atom. The Morgan fingerprint density at radius 3 is 0.815 bits per heavy atom. The van der Waals surface area contributed by atoms with Gasteiger partial charge in [0, 0.05) is 175 Å². The Balaban J connectivity index is 0.00000160. The van der Waals surface area contributed by atoms with Gasteiger partial charge in [-0.25, -0.2) is 29.3 Å². The van der Waals surface area contributed by atoms with Crippen LogP contribution < -0.4 is 5.32 Å². The van der Waals surface area contributed by atoms with Crippen LogP contribution in [0.15, 0.2) is 373 Å². The maximum atomic E-state index is 12.4. The molecule has 0 unspecified atom stereocenters. The Kier molecular flexibility index (Phi) is 79.5. The number of imidazole rings is 3. The average Bonchev–Trinajstić information content (AvgIpc) is 0.968. The number of aliphatic carboxylic acids is 1. The Hall–Kier alpha value is -8.34. The first-order valence-electron chi connectivity index (χ1n) is 46.8. The van der Waals surface area contributed by atoms with Crippen molar-refractivity contribution in [3.63, 3.8) is 0 Å². The average molecular weight is 2290 g/mol. The maximum absolute atomic E-state index is 12.4. The molecule has 4 fully saturated rings. The predicted octanol–water partition coefficient (Wildman–Crippen LogP) is 27.1. The first-order valence-corrected chi connectivity index (χ1v) is 55.6. The van der Waals surface area contributed by atoms with Crippen LogP contribution in [-0.4, -0.2) is 243 Å². The van der Waals surface area contributed by atoms with Gasteiger partial charge in [-0.2, -0.15) is 73.4 Å². The number of aliphatic hydroxyl groups is 3. The monoisotopic (exact) mass is 2290 g/mol. The minimum absolute atomic E-state index is 0. The van der Waals surface area contributed by atoms with E-state index in [1.807, 2.05) is 40.2 Å². The first kappa shape index (κ1) is 138. The lowest BCUT2D eigenvalue weighted by Gasteiger charge is -2.25. The molecule has 7 heterocycles. The van der Waals surface area contributed by atoms with Gasteiger partial charge in [-0.15, -0.1) is 35.6 Å². The Morgan fingerprint density at radius 1 is 0.356 bits per heavy atom. The summed E-state index contributed by atoms with van der Waals surface area (Å²) in [4.78, 5) is 71.8. The number of carbonyl (C=O) groups excluding carboxylic acids is 3. The van der Waals surface area contributed by atoms with Gasteiger partial charge in [-0.05, 0) is 141 Å². The highest BCUT2D eigenvalue weighted by molar-refractivity contribution is 14.0. The molecular formula is C112H157ClF6IN10O9S7+3. The highest BCUT2D eigenvalue weighted by atomic mass is 127. The number of benzene rings is 9. The second-order valence-electron chi connectivity index (χ2n) is 31.6. The van der Waals surface area contributed by atoms with Crippen LogP contribution in [0.4, 0.5) is 31.1 Å². The molecule has 0 saturated carbocycles. The molecule has 0 spiro atoms. The molecule has 0 bridgehead atoms. The molecule has 3 aromatic heterocycles. The van der Waals surface area contributed by atoms with E-state index in [4.69, 9.17) is 32.0 Å². The molecule has 804 valence electrons. The lowest BCUT2D eigenvalue weighted by molar-refractivity contribution is -0.174. The molecule has 5 N–H and O–H groups in total. The van der Waals surface area contributed by atoms with E-state index < -0.39 is 35.6 Å². The van der Waals surface area contributed by atoms with Crippen LogP contribution in [0.2, 0.25) is 0 Å². The zero-order valence-electron chi connectivity index (χ0n) is 80.5. The van der Waals surface area contributed by atoms with Gasteiger partial charge in [0.05, 0.1) is 39.4 Å². The summed E-state index contributed by atoms with van der Waals surface area (Å²) in [5.74, 6) is -4.77. The second-order valence-corrected chi connectivity index (χ2v) is 42.9. The number of nitrogens with one attached hydrogen (secondary N) is 1. The summed E-state index contributed by atoms with van der Waals surface area (Å²) >= 11 is 13.4. The number of hydrogen-bond acceptors (Lipinski definition) is 19. The lowest BCUT2D eigenvalue weighted by atomic mass is 10.1. The smallest absolute Gasteiger partial charge is 0.377 e. The summed E-state index contributed by atoms with van der Waals surface area (Å²) in [6, 6.07) is 96.3. The van der Waals surface area contributed by atoms with E-state index in [0.717, 1.165) is 73.7 Å². The van der Waals surface area contributed by atoms with E-state index in [1.165, 1.54) is 203 Å². The zero-order valence-corrected chi connectivity index (χ0v) is 89.3. The van der Waals surface area contributed by atoms with Crippen LogP contribution in [0.1, 0.15) is 140 Å². The van der Waals surface area contributed by atoms with E-state index in [2.05, 4.69) is 320 Å². The summed E-state index contributed by atoms with van der Waals surface area (Å²) in [7, 11) is -0.0439. The second kappa shape index (κ2) is 84.4. The highest BCUT2D eigenvalue weighted by Gasteiger charge is 2.36. The number of thioether (sulfide) groups is 4. The molecule has 0 aliphatic carbocycles. The molecule has 0 radical (unpaired) electrons. The number of ether oxygens (including phenoxy) is 1. The number of aromatic nitrogens is 6. The summed E-state index contributed by atoms with van der Waals surface area (Å²) < 4.78 is 79.8. The fourth-order valence-corrected chi connectivity index (χ4v) is 23.1. The van der Waals surface area contributed by atoms with Gasteiger partial charge in [-0.3, -0.25) is 28.3 Å². The van der Waals surface area contributed by atoms with Crippen molar-refractivity contribution in [2.75, 3.05) is 137 Å². The molecule has 12 aromatic rings. The van der Waals surface area contributed by atoms with E-state index in [-0.39, 0.29) is 113 Å². The van der Waals surface area contributed by atoms with Crippen LogP contribution in [-0.2, 0) is 47.0 Å². The third-order valence-electron chi connectivity index (χ3n) is 20.3. The van der Waals surface area contributed by atoms with Crippen LogP contribution >= 0.6 is 82.6 Å². The van der Waals surface area contributed by atoms with Gasteiger partial charge in [0.1, 0.15) is 25.7 Å². The molecule has 4 aliphatic heterocycles. The number of esters is 1. The summed E-state index contributed by atoms with van der Waals surface area (Å²) in [5.41, 5.74) is 0. The maximum Gasteiger partial charge on any atom is 0.377 e. The topological polar surface area (TPSA) is 234 Å². The van der Waals surface area contributed by atoms with E-state index in [0.29, 0.717) is 34.0 Å².